The number of carbonyl (C=O) groups is 1. The Labute approximate surface area is 67.0 Å². The molecule has 0 saturated carbocycles. The minimum atomic E-state index is -2.65. The molecule has 0 aromatic rings. The smallest absolute Gasteiger partial charge is 0.345 e. The maximum Gasteiger partial charge on any atom is 0.345 e. The summed E-state index contributed by atoms with van der Waals surface area (Å²) in [6.45, 7) is 0. The van der Waals surface area contributed by atoms with E-state index in [1.165, 1.54) is 0 Å². The lowest BCUT2D eigenvalue weighted by atomic mass is 10.0. The van der Waals surface area contributed by atoms with Gasteiger partial charge < -0.3 is 5.11 Å². The molecule has 1 aliphatic heterocycles. The molecule has 0 radical (unpaired) electrons. The molecule has 2 nitrogen and oxygen atoms in total. The highest BCUT2D eigenvalue weighted by atomic mass is 32.2. The zero-order valence-corrected chi connectivity index (χ0v) is 6.53. The van der Waals surface area contributed by atoms with E-state index in [2.05, 4.69) is 0 Å². The fourth-order valence-corrected chi connectivity index (χ4v) is 2.04. The lowest BCUT2D eigenvalue weighted by molar-refractivity contribution is -0.154. The average Bonchev–Trinajstić information content (AvgIpc) is 1.95. The van der Waals surface area contributed by atoms with Crippen molar-refractivity contribution in [2.75, 3.05) is 11.5 Å². The van der Waals surface area contributed by atoms with Crippen LogP contribution in [0.3, 0.4) is 0 Å². The lowest BCUT2D eigenvalue weighted by Crippen LogP contribution is -2.48. The van der Waals surface area contributed by atoms with Crippen molar-refractivity contribution in [3.05, 3.63) is 0 Å². The standard InChI is InChI=1S/C6H8F2O2S/c7-4-1-2-11-3-6(4,8)5(9)10/h4H,1-3H2,(H,9,10). The van der Waals surface area contributed by atoms with Crippen LogP contribution in [0.5, 0.6) is 0 Å². The predicted molar refractivity (Wildman–Crippen MR) is 38.3 cm³/mol. The van der Waals surface area contributed by atoms with Crippen molar-refractivity contribution in [1.29, 1.82) is 0 Å². The molecule has 0 aliphatic carbocycles. The van der Waals surface area contributed by atoms with Crippen LogP contribution in [0, 0.1) is 0 Å². The Morgan fingerprint density at radius 3 is 2.73 bits per heavy atom. The Morgan fingerprint density at radius 2 is 2.36 bits per heavy atom. The average molecular weight is 182 g/mol. The van der Waals surface area contributed by atoms with Crippen LogP contribution in [0.2, 0.25) is 0 Å². The van der Waals surface area contributed by atoms with Gasteiger partial charge in [-0.2, -0.15) is 11.8 Å². The van der Waals surface area contributed by atoms with Gasteiger partial charge in [0.15, 0.2) is 0 Å². The summed E-state index contributed by atoms with van der Waals surface area (Å²) in [6.07, 6.45) is -1.85. The Morgan fingerprint density at radius 1 is 1.73 bits per heavy atom. The van der Waals surface area contributed by atoms with Crippen LogP contribution >= 0.6 is 11.8 Å². The fraction of sp³-hybridized carbons (Fsp3) is 0.833. The molecule has 5 heteroatoms. The molecule has 64 valence electrons. The van der Waals surface area contributed by atoms with Crippen molar-refractivity contribution >= 4 is 17.7 Å². The molecular formula is C6H8F2O2S. The second-order valence-electron chi connectivity index (χ2n) is 2.48. The number of hydrogen-bond acceptors (Lipinski definition) is 2. The van der Waals surface area contributed by atoms with E-state index in [1.807, 2.05) is 0 Å². The van der Waals surface area contributed by atoms with Crippen molar-refractivity contribution in [3.8, 4) is 0 Å². The van der Waals surface area contributed by atoms with E-state index in [4.69, 9.17) is 5.11 Å². The van der Waals surface area contributed by atoms with E-state index in [9.17, 15) is 13.6 Å². The first-order valence-corrected chi connectivity index (χ1v) is 4.37. The van der Waals surface area contributed by atoms with Crippen LogP contribution in [0.1, 0.15) is 6.42 Å². The minimum absolute atomic E-state index is 0.00648. The molecule has 1 heterocycles. The molecular weight excluding hydrogens is 174 g/mol. The fourth-order valence-electron chi connectivity index (χ4n) is 0.922. The zero-order valence-electron chi connectivity index (χ0n) is 5.72. The van der Waals surface area contributed by atoms with E-state index < -0.39 is 17.8 Å². The number of rotatable bonds is 1. The summed E-state index contributed by atoms with van der Waals surface area (Å²) in [5, 5.41) is 8.34. The van der Waals surface area contributed by atoms with Gasteiger partial charge in [-0.3, -0.25) is 0 Å². The first kappa shape index (κ1) is 8.77. The summed E-state index contributed by atoms with van der Waals surface area (Å²) in [6, 6.07) is 0. The molecule has 1 N–H and O–H groups in total. The maximum atomic E-state index is 13.1. The van der Waals surface area contributed by atoms with Crippen molar-refractivity contribution < 1.29 is 18.7 Å². The zero-order chi connectivity index (χ0) is 8.48. The van der Waals surface area contributed by atoms with Crippen LogP contribution < -0.4 is 0 Å². The molecule has 1 fully saturated rings. The molecule has 0 spiro atoms. The number of carboxylic acid groups (broad SMARTS) is 1. The highest BCUT2D eigenvalue weighted by Gasteiger charge is 2.49. The maximum absolute atomic E-state index is 13.1. The summed E-state index contributed by atoms with van der Waals surface area (Å²) in [7, 11) is 0. The van der Waals surface area contributed by atoms with Gasteiger partial charge in [-0.25, -0.2) is 13.6 Å². The second-order valence-corrected chi connectivity index (χ2v) is 3.58. The molecule has 1 saturated heterocycles. The van der Waals surface area contributed by atoms with Gasteiger partial charge in [0, 0.05) is 5.75 Å². The second kappa shape index (κ2) is 2.97. The monoisotopic (exact) mass is 182 g/mol. The summed E-state index contributed by atoms with van der Waals surface area (Å²) < 4.78 is 25.8. The van der Waals surface area contributed by atoms with Gasteiger partial charge in [0.05, 0.1) is 0 Å². The highest BCUT2D eigenvalue weighted by molar-refractivity contribution is 7.99. The number of halogens is 2. The molecule has 0 aromatic carbocycles. The first-order chi connectivity index (χ1) is 5.07. The summed E-state index contributed by atoms with van der Waals surface area (Å²) in [5.74, 6) is -1.46. The molecule has 0 bridgehead atoms. The van der Waals surface area contributed by atoms with Crippen molar-refractivity contribution in [1.82, 2.24) is 0 Å². The number of hydrogen-bond donors (Lipinski definition) is 1. The van der Waals surface area contributed by atoms with Gasteiger partial charge in [-0.05, 0) is 12.2 Å². The molecule has 2 atom stereocenters. The third-order valence-electron chi connectivity index (χ3n) is 1.68. The largest absolute Gasteiger partial charge is 0.479 e. The normalized spacial score (nSPS) is 38.5. The molecule has 0 amide bonds. The molecule has 0 aromatic heterocycles. The third-order valence-corrected chi connectivity index (χ3v) is 2.83. The van der Waals surface area contributed by atoms with Crippen LogP contribution in [-0.2, 0) is 4.79 Å². The Bertz CT molecular complexity index is 176. The SMILES string of the molecule is O=C(O)C1(F)CSCCC1F. The van der Waals surface area contributed by atoms with Crippen LogP contribution in [0.15, 0.2) is 0 Å². The molecule has 1 aliphatic rings. The van der Waals surface area contributed by atoms with Crippen molar-refractivity contribution in [2.24, 2.45) is 0 Å². The Balaban J connectivity index is 2.72. The topological polar surface area (TPSA) is 37.3 Å². The minimum Gasteiger partial charge on any atom is -0.479 e. The van der Waals surface area contributed by atoms with E-state index >= 15 is 0 Å². The van der Waals surface area contributed by atoms with E-state index in [0.29, 0.717) is 5.75 Å². The third kappa shape index (κ3) is 1.47. The number of aliphatic carboxylic acids is 1. The Hall–Kier alpha value is -0.320. The first-order valence-electron chi connectivity index (χ1n) is 3.21. The molecule has 1 rings (SSSR count). The summed E-state index contributed by atoms with van der Waals surface area (Å²) in [4.78, 5) is 10.3. The van der Waals surface area contributed by atoms with Gasteiger partial charge in [0.1, 0.15) is 6.17 Å². The van der Waals surface area contributed by atoms with Crippen LogP contribution in [-0.4, -0.2) is 34.4 Å². The van der Waals surface area contributed by atoms with Crippen molar-refractivity contribution in [2.45, 2.75) is 18.3 Å². The number of thioether (sulfide) groups is 1. The van der Waals surface area contributed by atoms with Crippen LogP contribution in [0.4, 0.5) is 8.78 Å². The van der Waals surface area contributed by atoms with Gasteiger partial charge >= 0.3 is 5.97 Å². The van der Waals surface area contributed by atoms with Gasteiger partial charge in [0.25, 0.3) is 0 Å². The molecule has 2 unspecified atom stereocenters. The quantitative estimate of drug-likeness (QED) is 0.663. The molecule has 11 heavy (non-hydrogen) atoms. The van der Waals surface area contributed by atoms with Gasteiger partial charge in [-0.15, -0.1) is 0 Å². The van der Waals surface area contributed by atoms with Gasteiger partial charge in [0.2, 0.25) is 5.67 Å². The number of carboxylic acids is 1. The lowest BCUT2D eigenvalue weighted by Gasteiger charge is -2.28. The predicted octanol–water partition coefficient (Wildman–Crippen LogP) is 1.25. The number of alkyl halides is 2. The van der Waals surface area contributed by atoms with Gasteiger partial charge in [-0.1, -0.05) is 0 Å². The Kier molecular flexibility index (Phi) is 2.37. The van der Waals surface area contributed by atoms with Crippen LogP contribution in [0.25, 0.3) is 0 Å². The summed E-state index contributed by atoms with van der Waals surface area (Å²) in [5.41, 5.74) is -2.65. The van der Waals surface area contributed by atoms with E-state index in [0.717, 1.165) is 11.8 Å². The highest BCUT2D eigenvalue weighted by Crippen LogP contribution is 2.32. The van der Waals surface area contributed by atoms with Crippen molar-refractivity contribution in [3.63, 3.8) is 0 Å². The summed E-state index contributed by atoms with van der Waals surface area (Å²) >= 11 is 1.14. The van der Waals surface area contributed by atoms with E-state index in [-0.39, 0.29) is 12.2 Å². The van der Waals surface area contributed by atoms with E-state index in [1.54, 1.807) is 0 Å².